The van der Waals surface area contributed by atoms with Gasteiger partial charge in [-0.2, -0.15) is 0 Å². The van der Waals surface area contributed by atoms with Crippen LogP contribution in [0.15, 0.2) is 35.1 Å². The highest BCUT2D eigenvalue weighted by molar-refractivity contribution is 9.10. The first-order valence-corrected chi connectivity index (χ1v) is 5.91. The number of aromatic nitrogens is 2. The molecule has 0 aromatic carbocycles. The summed E-state index contributed by atoms with van der Waals surface area (Å²) in [6.07, 6.45) is 3.48. The average molecular weight is 294 g/mol. The van der Waals surface area contributed by atoms with Gasteiger partial charge >= 0.3 is 0 Å². The number of amides is 1. The van der Waals surface area contributed by atoms with E-state index < -0.39 is 0 Å². The fourth-order valence-corrected chi connectivity index (χ4v) is 2.01. The maximum atomic E-state index is 12.0. The molecule has 88 valence electrons. The summed E-state index contributed by atoms with van der Waals surface area (Å²) in [4.78, 5) is 16.1. The maximum absolute atomic E-state index is 12.0. The van der Waals surface area contributed by atoms with Crippen molar-refractivity contribution in [3.8, 4) is 0 Å². The Hall–Kier alpha value is -1.62. The summed E-state index contributed by atoms with van der Waals surface area (Å²) in [5, 5.41) is 2.80. The molecule has 0 saturated heterocycles. The highest BCUT2D eigenvalue weighted by atomic mass is 79.9. The molecule has 0 aliphatic heterocycles. The van der Waals surface area contributed by atoms with Crippen LogP contribution in [0, 0.1) is 6.92 Å². The predicted molar refractivity (Wildman–Crippen MR) is 70.0 cm³/mol. The summed E-state index contributed by atoms with van der Waals surface area (Å²) in [5.41, 5.74) is 2.21. The molecule has 4 nitrogen and oxygen atoms in total. The van der Waals surface area contributed by atoms with E-state index in [4.69, 9.17) is 0 Å². The van der Waals surface area contributed by atoms with Crippen molar-refractivity contribution in [3.63, 3.8) is 0 Å². The lowest BCUT2D eigenvalue weighted by Gasteiger charge is -2.05. The van der Waals surface area contributed by atoms with Crippen LogP contribution in [0.4, 0.5) is 5.69 Å². The normalized spacial score (nSPS) is 10.3. The maximum Gasteiger partial charge on any atom is 0.272 e. The number of nitrogens with one attached hydrogen (secondary N) is 1. The summed E-state index contributed by atoms with van der Waals surface area (Å²) < 4.78 is 2.65. The summed E-state index contributed by atoms with van der Waals surface area (Å²) in [5.74, 6) is -0.149. The number of aryl methyl sites for hydroxylation is 2. The molecule has 1 N–H and O–H groups in total. The number of hydrogen-bond acceptors (Lipinski definition) is 2. The van der Waals surface area contributed by atoms with E-state index in [2.05, 4.69) is 26.2 Å². The molecular formula is C12H12BrN3O. The molecule has 0 saturated carbocycles. The van der Waals surface area contributed by atoms with Crippen LogP contribution in [-0.2, 0) is 7.05 Å². The zero-order valence-electron chi connectivity index (χ0n) is 9.57. The Balaban J connectivity index is 2.17. The molecular weight excluding hydrogens is 282 g/mol. The Kier molecular flexibility index (Phi) is 3.28. The summed E-state index contributed by atoms with van der Waals surface area (Å²) >= 11 is 3.33. The first-order valence-electron chi connectivity index (χ1n) is 5.12. The zero-order valence-corrected chi connectivity index (χ0v) is 11.2. The molecule has 0 unspecified atom stereocenters. The van der Waals surface area contributed by atoms with E-state index in [1.807, 2.05) is 32.3 Å². The number of halogens is 1. The van der Waals surface area contributed by atoms with Gasteiger partial charge in [0, 0.05) is 23.4 Å². The third kappa shape index (κ3) is 2.74. The van der Waals surface area contributed by atoms with Gasteiger partial charge in [0.15, 0.2) is 0 Å². The van der Waals surface area contributed by atoms with E-state index in [0.29, 0.717) is 11.4 Å². The third-order valence-corrected chi connectivity index (χ3v) is 2.81. The first-order chi connectivity index (χ1) is 8.06. The van der Waals surface area contributed by atoms with Crippen molar-refractivity contribution in [2.45, 2.75) is 6.92 Å². The summed E-state index contributed by atoms with van der Waals surface area (Å²) in [6, 6.07) is 5.46. The molecule has 0 spiro atoms. The quantitative estimate of drug-likeness (QED) is 0.925. The second-order valence-corrected chi connectivity index (χ2v) is 4.71. The number of carbonyl (C=O) groups excluding carboxylic acids is 1. The van der Waals surface area contributed by atoms with Crippen molar-refractivity contribution in [2.24, 2.45) is 7.05 Å². The van der Waals surface area contributed by atoms with Gasteiger partial charge in [-0.25, -0.2) is 0 Å². The topological polar surface area (TPSA) is 46.9 Å². The number of rotatable bonds is 2. The molecule has 5 heteroatoms. The van der Waals surface area contributed by atoms with Crippen LogP contribution < -0.4 is 5.32 Å². The Morgan fingerprint density at radius 1 is 1.47 bits per heavy atom. The number of carbonyl (C=O) groups is 1. The summed E-state index contributed by atoms with van der Waals surface area (Å²) in [7, 11) is 1.83. The molecule has 0 aliphatic rings. The minimum Gasteiger partial charge on any atom is -0.345 e. The fraction of sp³-hybridized carbons (Fsp3) is 0.167. The van der Waals surface area contributed by atoms with Crippen LogP contribution in [0.2, 0.25) is 0 Å². The molecule has 2 heterocycles. The molecule has 2 aromatic rings. The van der Waals surface area contributed by atoms with E-state index in [-0.39, 0.29) is 5.91 Å². The van der Waals surface area contributed by atoms with Crippen molar-refractivity contribution in [1.29, 1.82) is 0 Å². The first kappa shape index (κ1) is 11.9. The minimum absolute atomic E-state index is 0.149. The van der Waals surface area contributed by atoms with Gasteiger partial charge in [-0.05, 0) is 41.1 Å². The lowest BCUT2D eigenvalue weighted by atomic mass is 10.3. The van der Waals surface area contributed by atoms with Gasteiger partial charge < -0.3 is 9.88 Å². The Morgan fingerprint density at radius 3 is 2.76 bits per heavy atom. The Morgan fingerprint density at radius 2 is 2.24 bits per heavy atom. The standard InChI is InChI=1S/C12H12BrN3O/c1-8-3-4-10(6-14-8)15-12(17)11-5-9(13)7-16(11)2/h3-7H,1-2H3,(H,15,17). The second-order valence-electron chi connectivity index (χ2n) is 3.80. The van der Waals surface area contributed by atoms with Crippen molar-refractivity contribution in [3.05, 3.63) is 46.5 Å². The Labute approximate surface area is 108 Å². The van der Waals surface area contributed by atoms with Gasteiger partial charge in [0.2, 0.25) is 0 Å². The van der Waals surface area contributed by atoms with Gasteiger partial charge in [0.1, 0.15) is 5.69 Å². The van der Waals surface area contributed by atoms with Crippen molar-refractivity contribution in [1.82, 2.24) is 9.55 Å². The molecule has 0 fully saturated rings. The van der Waals surface area contributed by atoms with Crippen LogP contribution in [0.25, 0.3) is 0 Å². The van der Waals surface area contributed by atoms with E-state index in [1.54, 1.807) is 16.8 Å². The third-order valence-electron chi connectivity index (χ3n) is 2.37. The second kappa shape index (κ2) is 4.71. The van der Waals surface area contributed by atoms with Gasteiger partial charge in [0.25, 0.3) is 5.91 Å². The highest BCUT2D eigenvalue weighted by Gasteiger charge is 2.11. The zero-order chi connectivity index (χ0) is 12.4. The Bertz CT molecular complexity index is 545. The fourth-order valence-electron chi connectivity index (χ4n) is 1.49. The van der Waals surface area contributed by atoms with Crippen molar-refractivity contribution < 1.29 is 4.79 Å². The molecule has 0 bridgehead atoms. The lowest BCUT2D eigenvalue weighted by Crippen LogP contribution is -2.15. The highest BCUT2D eigenvalue weighted by Crippen LogP contribution is 2.15. The molecule has 1 amide bonds. The number of hydrogen-bond donors (Lipinski definition) is 1. The average Bonchev–Trinajstić information content (AvgIpc) is 2.61. The van der Waals surface area contributed by atoms with Crippen molar-refractivity contribution >= 4 is 27.5 Å². The van der Waals surface area contributed by atoms with E-state index >= 15 is 0 Å². The van der Waals surface area contributed by atoms with Crippen LogP contribution in [0.1, 0.15) is 16.2 Å². The molecule has 0 radical (unpaired) electrons. The SMILES string of the molecule is Cc1ccc(NC(=O)c2cc(Br)cn2C)cn1. The van der Waals surface area contributed by atoms with E-state index in [1.165, 1.54) is 0 Å². The number of nitrogens with zero attached hydrogens (tertiary/aromatic N) is 2. The summed E-state index contributed by atoms with van der Waals surface area (Å²) in [6.45, 7) is 1.90. The lowest BCUT2D eigenvalue weighted by molar-refractivity contribution is 0.101. The van der Waals surface area contributed by atoms with Crippen LogP contribution in [-0.4, -0.2) is 15.5 Å². The van der Waals surface area contributed by atoms with Gasteiger partial charge in [-0.1, -0.05) is 0 Å². The smallest absolute Gasteiger partial charge is 0.272 e. The molecule has 2 aromatic heterocycles. The van der Waals surface area contributed by atoms with Crippen molar-refractivity contribution in [2.75, 3.05) is 5.32 Å². The number of anilines is 1. The molecule has 0 aliphatic carbocycles. The molecule has 0 atom stereocenters. The van der Waals surface area contributed by atoms with Crippen LogP contribution in [0.3, 0.4) is 0 Å². The van der Waals surface area contributed by atoms with E-state index in [0.717, 1.165) is 10.2 Å². The van der Waals surface area contributed by atoms with Gasteiger partial charge in [-0.15, -0.1) is 0 Å². The molecule has 2 rings (SSSR count). The predicted octanol–water partition coefficient (Wildman–Crippen LogP) is 2.74. The van der Waals surface area contributed by atoms with Gasteiger partial charge in [-0.3, -0.25) is 9.78 Å². The largest absolute Gasteiger partial charge is 0.345 e. The van der Waals surface area contributed by atoms with Gasteiger partial charge in [0.05, 0.1) is 11.9 Å². The monoisotopic (exact) mass is 293 g/mol. The number of pyridine rings is 1. The van der Waals surface area contributed by atoms with Crippen LogP contribution >= 0.6 is 15.9 Å². The molecule has 17 heavy (non-hydrogen) atoms. The minimum atomic E-state index is -0.149. The van der Waals surface area contributed by atoms with Crippen LogP contribution in [0.5, 0.6) is 0 Å². The van der Waals surface area contributed by atoms with E-state index in [9.17, 15) is 4.79 Å².